The highest BCUT2D eigenvalue weighted by Crippen LogP contribution is 2.44. The first-order valence-corrected chi connectivity index (χ1v) is 16.6. The van der Waals surface area contributed by atoms with Crippen LogP contribution in [0.3, 0.4) is 0 Å². The topological polar surface area (TPSA) is 82.5 Å². The Kier molecular flexibility index (Phi) is 9.08. The van der Waals surface area contributed by atoms with Gasteiger partial charge >= 0.3 is 0 Å². The molecule has 2 unspecified atom stereocenters. The number of aryl methyl sites for hydroxylation is 1. The van der Waals surface area contributed by atoms with Crippen LogP contribution in [0.25, 0.3) is 11.1 Å². The van der Waals surface area contributed by atoms with E-state index in [4.69, 9.17) is 0 Å². The molecule has 3 aromatic rings. The smallest absolute Gasteiger partial charge is 0.274 e. The van der Waals surface area contributed by atoms with Crippen molar-refractivity contribution in [2.75, 3.05) is 41.7 Å². The van der Waals surface area contributed by atoms with Gasteiger partial charge in [-0.3, -0.25) is 14.5 Å². The van der Waals surface area contributed by atoms with Gasteiger partial charge in [-0.15, -0.1) is 0 Å². The van der Waals surface area contributed by atoms with Crippen LogP contribution in [-0.4, -0.2) is 52.6 Å². The fraction of sp³-hybridized carbons (Fsp3) is 0.528. The lowest BCUT2D eigenvalue weighted by Gasteiger charge is -2.38. The molecule has 1 aliphatic heterocycles. The quantitative estimate of drug-likeness (QED) is 0.321. The van der Waals surface area contributed by atoms with Gasteiger partial charge in [0.05, 0.1) is 11.9 Å². The molecule has 2 saturated carbocycles. The van der Waals surface area contributed by atoms with Crippen molar-refractivity contribution in [1.29, 1.82) is 0 Å². The number of piperazine rings is 1. The van der Waals surface area contributed by atoms with Gasteiger partial charge in [0, 0.05) is 62.6 Å². The average molecular weight is 597 g/mol. The normalized spacial score (nSPS) is 22.5. The molecule has 3 aliphatic rings. The Labute approximate surface area is 261 Å². The molecule has 0 radical (unpaired) electrons. The second-order valence-corrected chi connectivity index (χ2v) is 13.5. The number of carbonyl (C=O) groups is 1. The van der Waals surface area contributed by atoms with Gasteiger partial charge in [-0.05, 0) is 80.8 Å². The summed E-state index contributed by atoms with van der Waals surface area (Å²) in [5.74, 6) is 2.31. The number of aromatic nitrogens is 2. The third kappa shape index (κ3) is 6.55. The number of amides is 1. The number of hydrogen-bond donors (Lipinski definition) is 2. The maximum absolute atomic E-state index is 13.4. The summed E-state index contributed by atoms with van der Waals surface area (Å²) in [4.78, 5) is 36.0. The summed E-state index contributed by atoms with van der Waals surface area (Å²) in [5.41, 5.74) is 5.18. The number of benzene rings is 1. The van der Waals surface area contributed by atoms with Crippen molar-refractivity contribution in [3.63, 3.8) is 0 Å². The summed E-state index contributed by atoms with van der Waals surface area (Å²) in [6.45, 7) is 10.6. The van der Waals surface area contributed by atoms with Crippen LogP contribution in [0, 0.1) is 24.7 Å². The number of rotatable bonds is 7. The standard InChI is InChI=1S/C36H48N6O2/c1-24(2)41-15-17-42(18-16-41)30-13-14-34(37-22-30)38-33-21-29(23-40(4)36(33)44)31-11-8-12-32(25(31)3)39-35(43)28-19-26-9-6-5-7-10-27(26)20-28/h8,11-14,21-24,26-28H,5-7,9-10,15-20H2,1-4H3,(H,37,38)(H,39,43). The van der Waals surface area contributed by atoms with Crippen LogP contribution in [0.5, 0.6) is 0 Å². The zero-order chi connectivity index (χ0) is 30.8. The highest BCUT2D eigenvalue weighted by molar-refractivity contribution is 5.94. The molecule has 1 amide bonds. The Hall–Kier alpha value is -3.65. The van der Waals surface area contributed by atoms with Crippen molar-refractivity contribution in [3.05, 3.63) is 64.7 Å². The molecule has 3 heterocycles. The molecule has 0 spiro atoms. The lowest BCUT2D eigenvalue weighted by atomic mass is 9.92. The Morgan fingerprint density at radius 2 is 1.68 bits per heavy atom. The summed E-state index contributed by atoms with van der Waals surface area (Å²) >= 11 is 0. The predicted octanol–water partition coefficient (Wildman–Crippen LogP) is 6.57. The first kappa shape index (κ1) is 30.4. The first-order chi connectivity index (χ1) is 21.3. The second kappa shape index (κ2) is 13.1. The fourth-order valence-corrected chi connectivity index (χ4v) is 7.67. The largest absolute Gasteiger partial charge is 0.368 e. The molecule has 8 nitrogen and oxygen atoms in total. The Balaban J connectivity index is 1.16. The Morgan fingerprint density at radius 3 is 2.34 bits per heavy atom. The number of pyridine rings is 2. The van der Waals surface area contributed by atoms with E-state index in [-0.39, 0.29) is 17.4 Å². The maximum atomic E-state index is 13.4. The van der Waals surface area contributed by atoms with Crippen molar-refractivity contribution in [2.24, 2.45) is 24.8 Å². The molecule has 8 heteroatoms. The van der Waals surface area contributed by atoms with Crippen molar-refractivity contribution in [3.8, 4) is 11.1 Å². The van der Waals surface area contributed by atoms with Gasteiger partial charge in [0.2, 0.25) is 5.91 Å². The van der Waals surface area contributed by atoms with Crippen LogP contribution < -0.4 is 21.1 Å². The van der Waals surface area contributed by atoms with E-state index < -0.39 is 0 Å². The van der Waals surface area contributed by atoms with Crippen molar-refractivity contribution in [1.82, 2.24) is 14.5 Å². The van der Waals surface area contributed by atoms with Crippen LogP contribution in [0.4, 0.5) is 22.9 Å². The minimum Gasteiger partial charge on any atom is -0.368 e. The van der Waals surface area contributed by atoms with Gasteiger partial charge in [-0.2, -0.15) is 0 Å². The maximum Gasteiger partial charge on any atom is 0.274 e. The molecular weight excluding hydrogens is 548 g/mol. The number of hydrogen-bond acceptors (Lipinski definition) is 6. The van der Waals surface area contributed by atoms with E-state index in [1.807, 2.05) is 49.6 Å². The van der Waals surface area contributed by atoms with E-state index in [2.05, 4.69) is 45.3 Å². The molecule has 0 bridgehead atoms. The van der Waals surface area contributed by atoms with Gasteiger partial charge in [-0.25, -0.2) is 4.98 Å². The highest BCUT2D eigenvalue weighted by atomic mass is 16.2. The monoisotopic (exact) mass is 596 g/mol. The lowest BCUT2D eigenvalue weighted by molar-refractivity contribution is -0.119. The Morgan fingerprint density at radius 1 is 0.955 bits per heavy atom. The summed E-state index contributed by atoms with van der Waals surface area (Å²) in [6, 6.07) is 12.5. The number of anilines is 4. The van der Waals surface area contributed by atoms with E-state index in [0.29, 0.717) is 29.4 Å². The van der Waals surface area contributed by atoms with Crippen molar-refractivity contribution >= 4 is 28.8 Å². The second-order valence-electron chi connectivity index (χ2n) is 13.5. The summed E-state index contributed by atoms with van der Waals surface area (Å²) in [6.07, 6.45) is 12.3. The van der Waals surface area contributed by atoms with Gasteiger partial charge in [-0.1, -0.05) is 44.2 Å². The molecule has 2 N–H and O–H groups in total. The fourth-order valence-electron chi connectivity index (χ4n) is 7.67. The van der Waals surface area contributed by atoms with Crippen LogP contribution in [0.15, 0.2) is 53.6 Å². The summed E-state index contributed by atoms with van der Waals surface area (Å²) < 4.78 is 1.60. The number of carbonyl (C=O) groups excluding carboxylic acids is 1. The van der Waals surface area contributed by atoms with Gasteiger partial charge in [0.1, 0.15) is 11.5 Å². The van der Waals surface area contributed by atoms with Gasteiger partial charge < -0.3 is 20.1 Å². The zero-order valence-electron chi connectivity index (χ0n) is 26.8. The molecule has 1 saturated heterocycles. The SMILES string of the molecule is Cc1c(NC(=O)C2CC3CCCCCC3C2)cccc1-c1cc(Nc2ccc(N3CCN(C(C)C)CC3)cn2)c(=O)n(C)c1. The molecular formula is C36H48N6O2. The number of fused-ring (bicyclic) bond motifs is 1. The zero-order valence-corrected chi connectivity index (χ0v) is 26.8. The third-order valence-corrected chi connectivity index (χ3v) is 10.4. The molecule has 44 heavy (non-hydrogen) atoms. The molecule has 234 valence electrons. The molecule has 3 fully saturated rings. The van der Waals surface area contributed by atoms with E-state index >= 15 is 0 Å². The predicted molar refractivity (Wildman–Crippen MR) is 180 cm³/mol. The van der Waals surface area contributed by atoms with E-state index in [9.17, 15) is 9.59 Å². The number of nitrogens with zero attached hydrogens (tertiary/aromatic N) is 4. The van der Waals surface area contributed by atoms with Crippen LogP contribution in [-0.2, 0) is 11.8 Å². The van der Waals surface area contributed by atoms with Crippen molar-refractivity contribution in [2.45, 2.75) is 71.8 Å². The molecule has 2 aromatic heterocycles. The first-order valence-electron chi connectivity index (χ1n) is 16.6. The van der Waals surface area contributed by atoms with E-state index in [1.165, 1.54) is 32.1 Å². The lowest BCUT2D eigenvalue weighted by Crippen LogP contribution is -2.48. The van der Waals surface area contributed by atoms with Gasteiger partial charge in [0.15, 0.2) is 0 Å². The van der Waals surface area contributed by atoms with Crippen LogP contribution >= 0.6 is 0 Å². The van der Waals surface area contributed by atoms with Crippen LogP contribution in [0.2, 0.25) is 0 Å². The third-order valence-electron chi connectivity index (χ3n) is 10.4. The van der Waals surface area contributed by atoms with Crippen LogP contribution in [0.1, 0.15) is 64.4 Å². The molecule has 1 aromatic carbocycles. The van der Waals surface area contributed by atoms with E-state index in [0.717, 1.165) is 67.1 Å². The molecule has 2 atom stereocenters. The van der Waals surface area contributed by atoms with Crippen molar-refractivity contribution < 1.29 is 4.79 Å². The highest BCUT2D eigenvalue weighted by Gasteiger charge is 2.38. The minimum absolute atomic E-state index is 0.100. The molecule has 6 rings (SSSR count). The Bertz CT molecular complexity index is 1510. The minimum atomic E-state index is -0.120. The number of nitrogens with one attached hydrogen (secondary N) is 2. The van der Waals surface area contributed by atoms with E-state index in [1.54, 1.807) is 11.6 Å². The molecule has 2 aliphatic carbocycles. The average Bonchev–Trinajstić information content (AvgIpc) is 3.31. The van der Waals surface area contributed by atoms with Gasteiger partial charge in [0.25, 0.3) is 5.56 Å². The summed E-state index contributed by atoms with van der Waals surface area (Å²) in [5, 5.41) is 6.53. The summed E-state index contributed by atoms with van der Waals surface area (Å²) in [7, 11) is 1.77.